The van der Waals surface area contributed by atoms with Crippen LogP contribution in [0.1, 0.15) is 41.3 Å². The van der Waals surface area contributed by atoms with Gasteiger partial charge in [0, 0.05) is 38.1 Å². The van der Waals surface area contributed by atoms with Gasteiger partial charge in [0.05, 0.1) is 30.7 Å². The van der Waals surface area contributed by atoms with E-state index in [4.69, 9.17) is 4.74 Å². The van der Waals surface area contributed by atoms with Gasteiger partial charge in [-0.05, 0) is 30.0 Å². The van der Waals surface area contributed by atoms with Gasteiger partial charge in [-0.15, -0.1) is 0 Å². The second-order valence-electron chi connectivity index (χ2n) is 7.49. The fraction of sp³-hybridized carbons (Fsp3) is 0.455. The molecule has 0 spiro atoms. The average molecular weight is 383 g/mol. The van der Waals surface area contributed by atoms with E-state index in [1.54, 1.807) is 12.4 Å². The number of carbonyl (C=O) groups excluding carboxylic acids is 1. The summed E-state index contributed by atoms with van der Waals surface area (Å²) in [5, 5.41) is 6.45. The summed E-state index contributed by atoms with van der Waals surface area (Å²) in [6, 6.07) is 8.15. The Morgan fingerprint density at radius 1 is 1.25 bits per heavy atom. The molecule has 1 saturated heterocycles. The normalized spacial score (nSPS) is 14.9. The third-order valence-corrected chi connectivity index (χ3v) is 5.01. The topological polar surface area (TPSA) is 66.5 Å². The van der Waals surface area contributed by atoms with Gasteiger partial charge in [-0.2, -0.15) is 0 Å². The zero-order valence-corrected chi connectivity index (χ0v) is 17.0. The van der Waals surface area contributed by atoms with Gasteiger partial charge in [-0.1, -0.05) is 32.0 Å². The maximum Gasteiger partial charge on any atom is 0.252 e. The Bertz CT molecular complexity index is 801. The molecule has 2 N–H and O–H groups in total. The highest BCUT2D eigenvalue weighted by atomic mass is 16.5. The van der Waals surface area contributed by atoms with Crippen molar-refractivity contribution in [1.82, 2.24) is 15.2 Å². The minimum atomic E-state index is -0.0988. The number of nitrogens with zero attached hydrogens (tertiary/aromatic N) is 2. The van der Waals surface area contributed by atoms with E-state index < -0.39 is 0 Å². The predicted octanol–water partition coefficient (Wildman–Crippen LogP) is 3.32. The molecule has 1 aliphatic heterocycles. The summed E-state index contributed by atoms with van der Waals surface area (Å²) in [4.78, 5) is 19.1. The van der Waals surface area contributed by atoms with E-state index >= 15 is 0 Å². The van der Waals surface area contributed by atoms with Gasteiger partial charge >= 0.3 is 0 Å². The number of benzene rings is 1. The predicted molar refractivity (Wildman–Crippen MR) is 112 cm³/mol. The monoisotopic (exact) mass is 382 g/mol. The summed E-state index contributed by atoms with van der Waals surface area (Å²) in [6.45, 7) is 11.3. The van der Waals surface area contributed by atoms with Crippen LogP contribution in [0.3, 0.4) is 0 Å². The van der Waals surface area contributed by atoms with E-state index in [2.05, 4.69) is 59.5 Å². The fourth-order valence-corrected chi connectivity index (χ4v) is 3.37. The number of para-hydroxylation sites is 1. The molecule has 2 aromatic rings. The van der Waals surface area contributed by atoms with Crippen molar-refractivity contribution in [3.8, 4) is 0 Å². The number of pyridine rings is 1. The van der Waals surface area contributed by atoms with Crippen LogP contribution in [0.15, 0.2) is 36.7 Å². The smallest absolute Gasteiger partial charge is 0.252 e. The third kappa shape index (κ3) is 5.30. The van der Waals surface area contributed by atoms with Gasteiger partial charge in [0.25, 0.3) is 5.91 Å². The molecule has 6 nitrogen and oxygen atoms in total. The molecule has 1 amide bonds. The second-order valence-corrected chi connectivity index (χ2v) is 7.49. The van der Waals surface area contributed by atoms with E-state index in [0.29, 0.717) is 18.0 Å². The fourth-order valence-electron chi connectivity index (χ4n) is 3.37. The van der Waals surface area contributed by atoms with Crippen molar-refractivity contribution in [3.63, 3.8) is 0 Å². The molecule has 0 unspecified atom stereocenters. The van der Waals surface area contributed by atoms with Crippen LogP contribution in [0.5, 0.6) is 0 Å². The molecule has 0 atom stereocenters. The van der Waals surface area contributed by atoms with Crippen LogP contribution in [-0.4, -0.2) is 55.2 Å². The lowest BCUT2D eigenvalue weighted by molar-refractivity contribution is 0.0383. The van der Waals surface area contributed by atoms with Crippen molar-refractivity contribution in [3.05, 3.63) is 53.3 Å². The number of hydrogen-bond acceptors (Lipinski definition) is 5. The van der Waals surface area contributed by atoms with Crippen molar-refractivity contribution >= 4 is 17.3 Å². The summed E-state index contributed by atoms with van der Waals surface area (Å²) in [7, 11) is 0. The highest BCUT2D eigenvalue weighted by molar-refractivity contribution is 5.94. The SMILES string of the molecule is Cc1cccc(C(C)C)c1Nc1cncc(C(=O)NCCN2CCOCC2)c1. The summed E-state index contributed by atoms with van der Waals surface area (Å²) in [6.07, 6.45) is 3.36. The van der Waals surface area contributed by atoms with Gasteiger partial charge in [0.2, 0.25) is 0 Å². The molecule has 28 heavy (non-hydrogen) atoms. The Morgan fingerprint density at radius 2 is 2.04 bits per heavy atom. The first kappa shape index (κ1) is 20.3. The van der Waals surface area contributed by atoms with E-state index in [-0.39, 0.29) is 5.91 Å². The van der Waals surface area contributed by atoms with Crippen LogP contribution in [-0.2, 0) is 4.74 Å². The Kier molecular flexibility index (Phi) is 7.01. The molecule has 1 fully saturated rings. The Morgan fingerprint density at radius 3 is 2.79 bits per heavy atom. The molecule has 0 saturated carbocycles. The van der Waals surface area contributed by atoms with Crippen molar-refractivity contribution in [2.75, 3.05) is 44.7 Å². The summed E-state index contributed by atoms with van der Waals surface area (Å²) >= 11 is 0. The maximum absolute atomic E-state index is 12.5. The van der Waals surface area contributed by atoms with Gasteiger partial charge in [0.15, 0.2) is 0 Å². The first-order valence-electron chi connectivity index (χ1n) is 9.94. The van der Waals surface area contributed by atoms with E-state index in [0.717, 1.165) is 44.2 Å². The van der Waals surface area contributed by atoms with Crippen molar-refractivity contribution < 1.29 is 9.53 Å². The van der Waals surface area contributed by atoms with Gasteiger partial charge < -0.3 is 15.4 Å². The number of hydrogen-bond donors (Lipinski definition) is 2. The molecular weight excluding hydrogens is 352 g/mol. The minimum absolute atomic E-state index is 0.0988. The van der Waals surface area contributed by atoms with Crippen LogP contribution in [0.25, 0.3) is 0 Å². The first-order chi connectivity index (χ1) is 13.5. The Labute approximate surface area is 167 Å². The first-order valence-corrected chi connectivity index (χ1v) is 9.94. The number of aromatic nitrogens is 1. The van der Waals surface area contributed by atoms with Gasteiger partial charge in [-0.3, -0.25) is 14.7 Å². The number of aryl methyl sites for hydroxylation is 1. The molecule has 0 aliphatic carbocycles. The van der Waals surface area contributed by atoms with Crippen LogP contribution < -0.4 is 10.6 Å². The van der Waals surface area contributed by atoms with Crippen LogP contribution >= 0.6 is 0 Å². The van der Waals surface area contributed by atoms with Crippen molar-refractivity contribution in [2.24, 2.45) is 0 Å². The molecule has 0 radical (unpaired) electrons. The number of amides is 1. The summed E-state index contributed by atoms with van der Waals surface area (Å²) in [5.41, 5.74) is 4.89. The standard InChI is InChI=1S/C22H30N4O2/c1-16(2)20-6-4-5-17(3)21(20)25-19-13-18(14-23-15-19)22(27)24-7-8-26-9-11-28-12-10-26/h4-6,13-16,25H,7-12H2,1-3H3,(H,24,27). The van der Waals surface area contributed by atoms with Crippen molar-refractivity contribution in [2.45, 2.75) is 26.7 Å². The Balaban J connectivity index is 1.63. The molecule has 150 valence electrons. The van der Waals surface area contributed by atoms with E-state index in [9.17, 15) is 4.79 Å². The van der Waals surface area contributed by atoms with Crippen LogP contribution in [0, 0.1) is 6.92 Å². The van der Waals surface area contributed by atoms with Gasteiger partial charge in [-0.25, -0.2) is 0 Å². The number of nitrogens with one attached hydrogen (secondary N) is 2. The van der Waals surface area contributed by atoms with E-state index in [1.165, 1.54) is 11.1 Å². The third-order valence-electron chi connectivity index (χ3n) is 5.01. The second kappa shape index (κ2) is 9.66. The number of rotatable bonds is 7. The zero-order valence-electron chi connectivity index (χ0n) is 17.0. The molecule has 0 bridgehead atoms. The molecule has 1 aliphatic rings. The number of ether oxygens (including phenoxy) is 1. The number of morpholine rings is 1. The van der Waals surface area contributed by atoms with E-state index in [1.807, 2.05) is 6.07 Å². The van der Waals surface area contributed by atoms with Crippen molar-refractivity contribution in [1.29, 1.82) is 0 Å². The highest BCUT2D eigenvalue weighted by Gasteiger charge is 2.13. The summed E-state index contributed by atoms with van der Waals surface area (Å²) in [5.74, 6) is 0.306. The molecule has 2 heterocycles. The largest absolute Gasteiger partial charge is 0.379 e. The molecular formula is C22H30N4O2. The average Bonchev–Trinajstić information content (AvgIpc) is 2.70. The summed E-state index contributed by atoms with van der Waals surface area (Å²) < 4.78 is 5.35. The Hall–Kier alpha value is -2.44. The van der Waals surface area contributed by atoms with Crippen LogP contribution in [0.2, 0.25) is 0 Å². The lowest BCUT2D eigenvalue weighted by Gasteiger charge is -2.26. The molecule has 1 aromatic heterocycles. The molecule has 1 aromatic carbocycles. The number of anilines is 2. The van der Waals surface area contributed by atoms with Crippen LogP contribution in [0.4, 0.5) is 11.4 Å². The molecule has 3 rings (SSSR count). The highest BCUT2D eigenvalue weighted by Crippen LogP contribution is 2.30. The number of carbonyl (C=O) groups is 1. The lowest BCUT2D eigenvalue weighted by atomic mass is 9.98. The minimum Gasteiger partial charge on any atom is -0.379 e. The lowest BCUT2D eigenvalue weighted by Crippen LogP contribution is -2.41. The maximum atomic E-state index is 12.5. The molecule has 6 heteroatoms. The quantitative estimate of drug-likeness (QED) is 0.769. The van der Waals surface area contributed by atoms with Gasteiger partial charge in [0.1, 0.15) is 0 Å². The zero-order chi connectivity index (χ0) is 19.9.